The molecule has 0 saturated carbocycles. The highest BCUT2D eigenvalue weighted by Gasteiger charge is 2.33. The molecule has 0 aliphatic rings. The van der Waals surface area contributed by atoms with E-state index in [0.717, 1.165) is 23.2 Å². The van der Waals surface area contributed by atoms with Crippen LogP contribution in [0.2, 0.25) is 5.02 Å². The summed E-state index contributed by atoms with van der Waals surface area (Å²) < 4.78 is 28.3. The molecular weight excluding hydrogens is 556 g/mol. The largest absolute Gasteiger partial charge is 0.354 e. The lowest BCUT2D eigenvalue weighted by Gasteiger charge is -2.32. The van der Waals surface area contributed by atoms with Crippen molar-refractivity contribution in [3.05, 3.63) is 99.6 Å². The number of rotatable bonds is 13. The number of amides is 2. The summed E-state index contributed by atoms with van der Waals surface area (Å²) in [4.78, 5) is 38.8. The topological polar surface area (TPSA) is 130 Å². The average molecular weight is 587 g/mol. The molecule has 12 heteroatoms. The predicted octanol–water partition coefficient (Wildman–Crippen LogP) is 4.78. The molecule has 0 aromatic heterocycles. The van der Waals surface area contributed by atoms with Crippen LogP contribution >= 0.6 is 11.6 Å². The molecule has 1 N–H and O–H groups in total. The third-order valence-electron chi connectivity index (χ3n) is 6.20. The molecule has 0 heterocycles. The number of carbonyl (C=O) groups is 2. The molecule has 0 radical (unpaired) electrons. The third kappa shape index (κ3) is 7.80. The van der Waals surface area contributed by atoms with Crippen molar-refractivity contribution in [1.82, 2.24) is 10.2 Å². The summed E-state index contributed by atoms with van der Waals surface area (Å²) in [6.45, 7) is 3.30. The number of hydrogen-bond donors (Lipinski definition) is 1. The smallest absolute Gasteiger partial charge is 0.271 e. The zero-order valence-corrected chi connectivity index (χ0v) is 23.8. The van der Waals surface area contributed by atoms with Crippen molar-refractivity contribution in [2.45, 2.75) is 44.2 Å². The molecule has 0 aliphatic heterocycles. The molecule has 0 saturated heterocycles. The highest BCUT2D eigenvalue weighted by atomic mass is 35.5. The molecule has 1 atom stereocenters. The minimum Gasteiger partial charge on any atom is -0.354 e. The number of hydrogen-bond acceptors (Lipinski definition) is 6. The molecule has 1 unspecified atom stereocenters. The monoisotopic (exact) mass is 586 g/mol. The Hall–Kier alpha value is -3.96. The zero-order chi connectivity index (χ0) is 29.3. The number of nitro benzene ring substituents is 1. The molecule has 0 aliphatic carbocycles. The molecule has 0 fully saturated rings. The molecular formula is C28H31ClN4O6S. The summed E-state index contributed by atoms with van der Waals surface area (Å²) >= 11 is 6.01. The van der Waals surface area contributed by atoms with Gasteiger partial charge in [-0.1, -0.05) is 61.3 Å². The van der Waals surface area contributed by atoms with Gasteiger partial charge in [0.25, 0.3) is 15.7 Å². The number of nitrogens with zero attached hydrogens (tertiary/aromatic N) is 3. The van der Waals surface area contributed by atoms with Gasteiger partial charge in [-0.2, -0.15) is 0 Å². The van der Waals surface area contributed by atoms with Crippen molar-refractivity contribution in [2.75, 3.05) is 17.4 Å². The number of carbonyl (C=O) groups excluding carboxylic acids is 2. The van der Waals surface area contributed by atoms with Crippen molar-refractivity contribution in [1.29, 1.82) is 0 Å². The van der Waals surface area contributed by atoms with Crippen molar-refractivity contribution < 1.29 is 22.9 Å². The minimum absolute atomic E-state index is 0.00648. The quantitative estimate of drug-likeness (QED) is 0.174. The Morgan fingerprint density at radius 2 is 1.70 bits per heavy atom. The molecule has 10 nitrogen and oxygen atoms in total. The fraction of sp³-hybridized carbons (Fsp3) is 0.286. The van der Waals surface area contributed by atoms with E-state index in [1.807, 2.05) is 6.92 Å². The SMILES string of the molecule is CCCCNC(=O)C(C)N(Cc1ccc(Cl)cc1)C(=O)CN(c1cccc([N+](=O)[O-])c1)S(=O)(=O)c1ccccc1. The number of benzene rings is 3. The van der Waals surface area contributed by atoms with Crippen LogP contribution < -0.4 is 9.62 Å². The van der Waals surface area contributed by atoms with Gasteiger partial charge in [-0.05, 0) is 49.2 Å². The highest BCUT2D eigenvalue weighted by Crippen LogP contribution is 2.27. The molecule has 2 amide bonds. The van der Waals surface area contributed by atoms with Crippen molar-refractivity contribution in [3.63, 3.8) is 0 Å². The predicted molar refractivity (Wildman–Crippen MR) is 153 cm³/mol. The van der Waals surface area contributed by atoms with Crippen LogP contribution in [0.15, 0.2) is 83.8 Å². The minimum atomic E-state index is -4.32. The van der Waals surface area contributed by atoms with Crippen LogP contribution in [-0.2, 0) is 26.2 Å². The van der Waals surface area contributed by atoms with Crippen molar-refractivity contribution in [2.24, 2.45) is 0 Å². The van der Waals surface area contributed by atoms with Crippen molar-refractivity contribution in [3.8, 4) is 0 Å². The normalized spacial score (nSPS) is 11.9. The standard InChI is InChI=1S/C28H31ClN4O6S/c1-3-4-17-30-28(35)21(2)31(19-22-13-15-23(29)16-14-22)27(34)20-32(24-9-8-10-25(18-24)33(36)37)40(38,39)26-11-6-5-7-12-26/h5-16,18,21H,3-4,17,19-20H2,1-2H3,(H,30,35). The van der Waals surface area contributed by atoms with E-state index in [1.165, 1.54) is 47.4 Å². The summed E-state index contributed by atoms with van der Waals surface area (Å²) in [6, 6.07) is 18.3. The first-order valence-corrected chi connectivity index (χ1v) is 14.5. The summed E-state index contributed by atoms with van der Waals surface area (Å²) in [7, 11) is -4.32. The molecule has 3 rings (SSSR count). The Balaban J connectivity index is 2.02. The van der Waals surface area contributed by atoms with E-state index in [9.17, 15) is 28.1 Å². The Bertz CT molecular complexity index is 1430. The van der Waals surface area contributed by atoms with E-state index in [4.69, 9.17) is 11.6 Å². The molecule has 3 aromatic carbocycles. The Kier molecular flexibility index (Phi) is 10.6. The zero-order valence-electron chi connectivity index (χ0n) is 22.2. The van der Waals surface area contributed by atoms with Gasteiger partial charge in [0.05, 0.1) is 15.5 Å². The third-order valence-corrected chi connectivity index (χ3v) is 8.24. The van der Waals surface area contributed by atoms with Gasteiger partial charge >= 0.3 is 0 Å². The van der Waals surface area contributed by atoms with Gasteiger partial charge in [0.2, 0.25) is 11.8 Å². The summed E-state index contributed by atoms with van der Waals surface area (Å²) in [6.07, 6.45) is 1.64. The highest BCUT2D eigenvalue weighted by molar-refractivity contribution is 7.92. The van der Waals surface area contributed by atoms with Gasteiger partial charge in [-0.25, -0.2) is 8.42 Å². The van der Waals surface area contributed by atoms with Crippen LogP contribution in [-0.4, -0.2) is 49.2 Å². The van der Waals surface area contributed by atoms with E-state index < -0.39 is 33.4 Å². The van der Waals surface area contributed by atoms with E-state index >= 15 is 0 Å². The summed E-state index contributed by atoms with van der Waals surface area (Å²) in [5, 5.41) is 14.7. The Labute approximate surface area is 238 Å². The lowest BCUT2D eigenvalue weighted by molar-refractivity contribution is -0.384. The van der Waals surface area contributed by atoms with Gasteiger partial charge in [-0.15, -0.1) is 0 Å². The molecule has 0 spiro atoms. The second kappa shape index (κ2) is 13.9. The lowest BCUT2D eigenvalue weighted by atomic mass is 10.1. The van der Waals surface area contributed by atoms with E-state index in [0.29, 0.717) is 17.1 Å². The molecule has 0 bridgehead atoms. The number of halogens is 1. The number of nitro groups is 1. The number of nitrogens with one attached hydrogen (secondary N) is 1. The Morgan fingerprint density at radius 3 is 2.33 bits per heavy atom. The fourth-order valence-electron chi connectivity index (χ4n) is 3.92. The number of sulfonamides is 1. The fourth-order valence-corrected chi connectivity index (χ4v) is 5.47. The van der Waals surface area contributed by atoms with Crippen LogP contribution in [0.4, 0.5) is 11.4 Å². The van der Waals surface area contributed by atoms with Crippen LogP contribution in [0.1, 0.15) is 32.3 Å². The lowest BCUT2D eigenvalue weighted by Crippen LogP contribution is -2.51. The van der Waals surface area contributed by atoms with E-state index in [2.05, 4.69) is 5.32 Å². The van der Waals surface area contributed by atoms with E-state index in [-0.39, 0.29) is 28.7 Å². The van der Waals surface area contributed by atoms with Gasteiger partial charge in [0.15, 0.2) is 0 Å². The Morgan fingerprint density at radius 1 is 1.02 bits per heavy atom. The maximum Gasteiger partial charge on any atom is 0.271 e. The number of unbranched alkanes of at least 4 members (excludes halogenated alkanes) is 1. The molecule has 40 heavy (non-hydrogen) atoms. The number of anilines is 1. The maximum atomic E-state index is 13.9. The first-order valence-electron chi connectivity index (χ1n) is 12.7. The van der Waals surface area contributed by atoms with Crippen LogP contribution in [0.25, 0.3) is 0 Å². The van der Waals surface area contributed by atoms with Crippen LogP contribution in [0.5, 0.6) is 0 Å². The van der Waals surface area contributed by atoms with Crippen molar-refractivity contribution >= 4 is 44.8 Å². The summed E-state index contributed by atoms with van der Waals surface area (Å²) in [5.41, 5.74) is 0.288. The van der Waals surface area contributed by atoms with Gasteiger partial charge in [0.1, 0.15) is 12.6 Å². The first kappa shape index (κ1) is 30.6. The first-order chi connectivity index (χ1) is 19.0. The maximum absolute atomic E-state index is 13.9. The van der Waals surface area contributed by atoms with Gasteiger partial charge in [-0.3, -0.25) is 24.0 Å². The second-order valence-corrected chi connectivity index (χ2v) is 11.4. The van der Waals surface area contributed by atoms with Gasteiger partial charge < -0.3 is 10.2 Å². The van der Waals surface area contributed by atoms with Gasteiger partial charge in [0, 0.05) is 30.2 Å². The van der Waals surface area contributed by atoms with Crippen LogP contribution in [0, 0.1) is 10.1 Å². The second-order valence-electron chi connectivity index (χ2n) is 9.07. The molecule has 212 valence electrons. The average Bonchev–Trinajstić information content (AvgIpc) is 2.95. The van der Waals surface area contributed by atoms with Crippen LogP contribution in [0.3, 0.4) is 0 Å². The molecule has 3 aromatic rings. The number of non-ortho nitro benzene ring substituents is 1. The van der Waals surface area contributed by atoms with E-state index in [1.54, 1.807) is 37.3 Å². The summed E-state index contributed by atoms with van der Waals surface area (Å²) in [5.74, 6) is -1.05.